The Kier molecular flexibility index (Phi) is 4.74. The Bertz CT molecular complexity index is 745. The number of aromatic nitrogens is 1. The lowest BCUT2D eigenvalue weighted by atomic mass is 9.97. The molecule has 2 amide bonds. The van der Waals surface area contributed by atoms with Crippen LogP contribution in [0.2, 0.25) is 0 Å². The van der Waals surface area contributed by atoms with Gasteiger partial charge >= 0.3 is 12.0 Å². The highest BCUT2D eigenvalue weighted by Gasteiger charge is 2.26. The van der Waals surface area contributed by atoms with Crippen LogP contribution in [-0.4, -0.2) is 46.6 Å². The SMILES string of the molecule is Cc1cccc2[nH]cc(CCNC(=O)N3CCC(C(=O)O)CC3)c12. The number of fused-ring (bicyclic) bond motifs is 1. The summed E-state index contributed by atoms with van der Waals surface area (Å²) >= 11 is 0. The first-order valence-corrected chi connectivity index (χ1v) is 8.37. The summed E-state index contributed by atoms with van der Waals surface area (Å²) in [5, 5.41) is 13.2. The van der Waals surface area contributed by atoms with Crippen molar-refractivity contribution in [1.29, 1.82) is 0 Å². The molecule has 2 aromatic rings. The Hall–Kier alpha value is -2.50. The monoisotopic (exact) mass is 329 g/mol. The molecule has 0 unspecified atom stereocenters. The number of amides is 2. The number of piperidine rings is 1. The molecule has 1 fully saturated rings. The Morgan fingerprint density at radius 2 is 2.08 bits per heavy atom. The number of nitrogens with zero attached hydrogens (tertiary/aromatic N) is 1. The van der Waals surface area contributed by atoms with Gasteiger partial charge < -0.3 is 20.3 Å². The van der Waals surface area contributed by atoms with Gasteiger partial charge in [0.05, 0.1) is 5.92 Å². The third-order valence-electron chi connectivity index (χ3n) is 4.80. The number of hydrogen-bond donors (Lipinski definition) is 3. The van der Waals surface area contributed by atoms with E-state index in [1.165, 1.54) is 16.5 Å². The van der Waals surface area contributed by atoms with Crippen LogP contribution < -0.4 is 5.32 Å². The fourth-order valence-corrected chi connectivity index (χ4v) is 3.39. The second-order valence-electron chi connectivity index (χ2n) is 6.39. The molecular weight excluding hydrogens is 306 g/mol. The standard InChI is InChI=1S/C18H23N3O3/c1-12-3-2-4-15-16(12)14(11-20-15)5-8-19-18(24)21-9-6-13(7-10-21)17(22)23/h2-4,11,13,20H,5-10H2,1H3,(H,19,24)(H,22,23). The van der Waals surface area contributed by atoms with Crippen LogP contribution in [0.25, 0.3) is 10.9 Å². The van der Waals surface area contributed by atoms with Gasteiger partial charge in [0.1, 0.15) is 0 Å². The Morgan fingerprint density at radius 1 is 1.33 bits per heavy atom. The number of aromatic amines is 1. The van der Waals surface area contributed by atoms with Gasteiger partial charge in [0, 0.05) is 36.7 Å². The molecular formula is C18H23N3O3. The van der Waals surface area contributed by atoms with Gasteiger partial charge in [-0.3, -0.25) is 4.79 Å². The number of carboxylic acids is 1. The molecule has 1 aromatic carbocycles. The zero-order chi connectivity index (χ0) is 17.1. The van der Waals surface area contributed by atoms with E-state index < -0.39 is 5.97 Å². The van der Waals surface area contributed by atoms with E-state index in [1.54, 1.807) is 4.90 Å². The number of carboxylic acid groups (broad SMARTS) is 1. The maximum atomic E-state index is 12.2. The number of aliphatic carboxylic acids is 1. The molecule has 128 valence electrons. The maximum absolute atomic E-state index is 12.2. The number of carbonyl (C=O) groups is 2. The van der Waals surface area contributed by atoms with Crippen molar-refractivity contribution in [3.8, 4) is 0 Å². The molecule has 1 aliphatic rings. The minimum Gasteiger partial charge on any atom is -0.481 e. The fraction of sp³-hybridized carbons (Fsp3) is 0.444. The number of carbonyl (C=O) groups excluding carboxylic acids is 1. The number of hydrogen-bond acceptors (Lipinski definition) is 2. The van der Waals surface area contributed by atoms with Crippen LogP contribution in [0.15, 0.2) is 24.4 Å². The number of rotatable bonds is 4. The smallest absolute Gasteiger partial charge is 0.317 e. The number of aryl methyl sites for hydroxylation is 1. The number of benzene rings is 1. The van der Waals surface area contributed by atoms with Crippen LogP contribution in [0.4, 0.5) is 4.79 Å². The normalized spacial score (nSPS) is 15.6. The van der Waals surface area contributed by atoms with Crippen LogP contribution >= 0.6 is 0 Å². The number of likely N-dealkylation sites (tertiary alicyclic amines) is 1. The second kappa shape index (κ2) is 6.95. The van der Waals surface area contributed by atoms with Gasteiger partial charge in [-0.2, -0.15) is 0 Å². The van der Waals surface area contributed by atoms with E-state index in [-0.39, 0.29) is 11.9 Å². The van der Waals surface area contributed by atoms with Crippen LogP contribution in [-0.2, 0) is 11.2 Å². The average molecular weight is 329 g/mol. The summed E-state index contributed by atoms with van der Waals surface area (Å²) in [5.74, 6) is -1.08. The fourth-order valence-electron chi connectivity index (χ4n) is 3.39. The maximum Gasteiger partial charge on any atom is 0.317 e. The van der Waals surface area contributed by atoms with Gasteiger partial charge in [-0.1, -0.05) is 12.1 Å². The third kappa shape index (κ3) is 3.37. The van der Waals surface area contributed by atoms with Crippen LogP contribution in [0.5, 0.6) is 0 Å². The zero-order valence-corrected chi connectivity index (χ0v) is 13.8. The summed E-state index contributed by atoms with van der Waals surface area (Å²) in [6, 6.07) is 6.07. The van der Waals surface area contributed by atoms with Crippen molar-refractivity contribution < 1.29 is 14.7 Å². The van der Waals surface area contributed by atoms with Gasteiger partial charge in [0.25, 0.3) is 0 Å². The predicted molar refractivity (Wildman–Crippen MR) is 92.1 cm³/mol. The van der Waals surface area contributed by atoms with Crippen molar-refractivity contribution >= 4 is 22.9 Å². The van der Waals surface area contributed by atoms with Gasteiger partial charge in [-0.15, -0.1) is 0 Å². The quantitative estimate of drug-likeness (QED) is 0.806. The molecule has 0 spiro atoms. The molecule has 0 bridgehead atoms. The van der Waals surface area contributed by atoms with Gasteiger partial charge in [0.15, 0.2) is 0 Å². The molecule has 6 nitrogen and oxygen atoms in total. The highest BCUT2D eigenvalue weighted by atomic mass is 16.4. The predicted octanol–water partition coefficient (Wildman–Crippen LogP) is 2.53. The van der Waals surface area contributed by atoms with Crippen LogP contribution in [0.3, 0.4) is 0 Å². The van der Waals surface area contributed by atoms with E-state index in [0.29, 0.717) is 32.5 Å². The van der Waals surface area contributed by atoms with E-state index in [0.717, 1.165) is 11.9 Å². The minimum atomic E-state index is -0.759. The highest BCUT2D eigenvalue weighted by molar-refractivity contribution is 5.86. The van der Waals surface area contributed by atoms with Gasteiger partial charge in [-0.05, 0) is 43.4 Å². The second-order valence-corrected chi connectivity index (χ2v) is 6.39. The molecule has 6 heteroatoms. The minimum absolute atomic E-state index is 0.101. The zero-order valence-electron chi connectivity index (χ0n) is 13.8. The summed E-state index contributed by atoms with van der Waals surface area (Å²) in [6.45, 7) is 3.67. The van der Waals surface area contributed by atoms with E-state index in [1.807, 2.05) is 12.3 Å². The lowest BCUT2D eigenvalue weighted by Crippen LogP contribution is -2.45. The van der Waals surface area contributed by atoms with Crippen molar-refractivity contribution in [2.45, 2.75) is 26.2 Å². The van der Waals surface area contributed by atoms with Crippen LogP contribution in [0, 0.1) is 12.8 Å². The van der Waals surface area contributed by atoms with E-state index in [2.05, 4.69) is 29.4 Å². The number of urea groups is 1. The molecule has 0 saturated carbocycles. The van der Waals surface area contributed by atoms with Crippen molar-refractivity contribution in [1.82, 2.24) is 15.2 Å². The topological polar surface area (TPSA) is 85.4 Å². The Balaban J connectivity index is 1.51. The lowest BCUT2D eigenvalue weighted by molar-refractivity contribution is -0.143. The van der Waals surface area contributed by atoms with E-state index >= 15 is 0 Å². The van der Waals surface area contributed by atoms with Gasteiger partial charge in [0.2, 0.25) is 0 Å². The largest absolute Gasteiger partial charge is 0.481 e. The van der Waals surface area contributed by atoms with Crippen molar-refractivity contribution in [3.05, 3.63) is 35.5 Å². The summed E-state index contributed by atoms with van der Waals surface area (Å²) in [4.78, 5) is 28.1. The van der Waals surface area contributed by atoms with Gasteiger partial charge in [-0.25, -0.2) is 4.79 Å². The molecule has 1 aromatic heterocycles. The summed E-state index contributed by atoms with van der Waals surface area (Å²) in [7, 11) is 0. The van der Waals surface area contributed by atoms with Crippen molar-refractivity contribution in [2.24, 2.45) is 5.92 Å². The van der Waals surface area contributed by atoms with E-state index in [9.17, 15) is 9.59 Å². The molecule has 1 saturated heterocycles. The first-order chi connectivity index (χ1) is 11.6. The number of H-pyrrole nitrogens is 1. The lowest BCUT2D eigenvalue weighted by Gasteiger charge is -2.30. The first-order valence-electron chi connectivity index (χ1n) is 8.37. The molecule has 0 atom stereocenters. The Morgan fingerprint density at radius 3 is 2.79 bits per heavy atom. The summed E-state index contributed by atoms with van der Waals surface area (Å²) < 4.78 is 0. The van der Waals surface area contributed by atoms with Crippen molar-refractivity contribution in [3.63, 3.8) is 0 Å². The molecule has 0 aliphatic carbocycles. The molecule has 0 radical (unpaired) electrons. The van der Waals surface area contributed by atoms with E-state index in [4.69, 9.17) is 5.11 Å². The molecule has 24 heavy (non-hydrogen) atoms. The molecule has 2 heterocycles. The highest BCUT2D eigenvalue weighted by Crippen LogP contribution is 2.22. The summed E-state index contributed by atoms with van der Waals surface area (Å²) in [5.41, 5.74) is 3.55. The van der Waals surface area contributed by atoms with Crippen molar-refractivity contribution in [2.75, 3.05) is 19.6 Å². The summed E-state index contributed by atoms with van der Waals surface area (Å²) in [6.07, 6.45) is 3.83. The molecule has 3 rings (SSSR count). The molecule has 1 aliphatic heterocycles. The Labute approximate surface area is 140 Å². The third-order valence-corrected chi connectivity index (χ3v) is 4.80. The first kappa shape index (κ1) is 16.4. The average Bonchev–Trinajstić information content (AvgIpc) is 2.99. The number of nitrogens with one attached hydrogen (secondary N) is 2. The van der Waals surface area contributed by atoms with Crippen LogP contribution in [0.1, 0.15) is 24.0 Å². The molecule has 3 N–H and O–H groups in total.